The molecule has 0 bridgehead atoms. The second kappa shape index (κ2) is 6.99. The minimum Gasteiger partial charge on any atom is -0.448 e. The van der Waals surface area contributed by atoms with E-state index >= 15 is 0 Å². The number of hydrogen-bond donors (Lipinski definition) is 1. The van der Waals surface area contributed by atoms with Gasteiger partial charge in [-0.2, -0.15) is 0 Å². The van der Waals surface area contributed by atoms with Crippen molar-refractivity contribution in [3.8, 4) is 0 Å². The van der Waals surface area contributed by atoms with Gasteiger partial charge in [-0.25, -0.2) is 12.7 Å². The number of rotatable bonds is 3. The summed E-state index contributed by atoms with van der Waals surface area (Å²) < 4.78 is 30.5. The Balaban J connectivity index is 0.00000242. The van der Waals surface area contributed by atoms with Gasteiger partial charge in [0.05, 0.1) is 5.56 Å². The van der Waals surface area contributed by atoms with Crippen molar-refractivity contribution in [1.82, 2.24) is 14.5 Å². The lowest BCUT2D eigenvalue weighted by Crippen LogP contribution is -2.52. The normalized spacial score (nSPS) is 19.1. The number of furan rings is 1. The maximum Gasteiger partial charge on any atom is 0.275 e. The van der Waals surface area contributed by atoms with Crippen molar-refractivity contribution in [3.63, 3.8) is 0 Å². The third-order valence-electron chi connectivity index (χ3n) is 3.62. The molecule has 1 saturated heterocycles. The van der Waals surface area contributed by atoms with Gasteiger partial charge in [-0.05, 0) is 13.8 Å². The van der Waals surface area contributed by atoms with Crippen LogP contribution in [-0.2, 0) is 10.0 Å². The Morgan fingerprint density at radius 1 is 1.45 bits per heavy atom. The summed E-state index contributed by atoms with van der Waals surface area (Å²) in [6.45, 7) is 5.62. The molecule has 1 aliphatic rings. The summed E-state index contributed by atoms with van der Waals surface area (Å²) in [6, 6.07) is 1.39. The molecule has 0 saturated carbocycles. The number of hydrogen-bond acceptors (Lipinski definition) is 5. The van der Waals surface area contributed by atoms with Crippen molar-refractivity contribution < 1.29 is 17.6 Å². The minimum atomic E-state index is -3.67. The fourth-order valence-corrected chi connectivity index (χ4v) is 3.13. The van der Waals surface area contributed by atoms with Crippen LogP contribution in [0.3, 0.4) is 0 Å². The number of carbonyl (C=O) groups excluding carboxylic acids is 1. The second-order valence-corrected chi connectivity index (χ2v) is 7.46. The monoisotopic (exact) mass is 351 g/mol. The van der Waals surface area contributed by atoms with Gasteiger partial charge < -0.3 is 14.6 Å². The molecule has 1 aromatic rings. The van der Waals surface area contributed by atoms with Gasteiger partial charge in [-0.15, -0.1) is 12.4 Å². The zero-order valence-corrected chi connectivity index (χ0v) is 14.8. The van der Waals surface area contributed by atoms with Crippen molar-refractivity contribution in [2.75, 3.05) is 33.7 Å². The first-order chi connectivity index (χ1) is 9.75. The topological polar surface area (TPSA) is 82.9 Å². The predicted octanol–water partition coefficient (Wildman–Crippen LogP) is 0.694. The smallest absolute Gasteiger partial charge is 0.275 e. The lowest BCUT2D eigenvalue weighted by molar-refractivity contribution is 0.0654. The van der Waals surface area contributed by atoms with Gasteiger partial charge in [0, 0.05) is 45.8 Å². The Labute approximate surface area is 137 Å². The van der Waals surface area contributed by atoms with Crippen LogP contribution in [0.1, 0.15) is 23.0 Å². The second-order valence-electron chi connectivity index (χ2n) is 5.37. The van der Waals surface area contributed by atoms with Crippen molar-refractivity contribution in [1.29, 1.82) is 0 Å². The summed E-state index contributed by atoms with van der Waals surface area (Å²) in [7, 11) is -0.825. The number of halogens is 1. The zero-order valence-electron chi connectivity index (χ0n) is 13.1. The van der Waals surface area contributed by atoms with Gasteiger partial charge in [-0.1, -0.05) is 0 Å². The number of amides is 1. The Hall–Kier alpha value is -1.09. The molecule has 0 aliphatic carbocycles. The maximum atomic E-state index is 12.6. The lowest BCUT2D eigenvalue weighted by atomic mass is 10.1. The molecule has 1 aliphatic heterocycles. The highest BCUT2D eigenvalue weighted by molar-refractivity contribution is 7.88. The van der Waals surface area contributed by atoms with E-state index in [4.69, 9.17) is 4.42 Å². The molecule has 126 valence electrons. The van der Waals surface area contributed by atoms with Crippen LogP contribution < -0.4 is 5.32 Å². The van der Waals surface area contributed by atoms with E-state index in [-0.39, 0.29) is 29.4 Å². The van der Waals surface area contributed by atoms with Gasteiger partial charge in [0.1, 0.15) is 5.76 Å². The molecule has 2 heterocycles. The molecule has 9 heteroatoms. The van der Waals surface area contributed by atoms with Gasteiger partial charge in [0.25, 0.3) is 15.9 Å². The molecule has 1 aromatic heterocycles. The van der Waals surface area contributed by atoms with Crippen molar-refractivity contribution in [2.24, 2.45) is 0 Å². The largest absolute Gasteiger partial charge is 0.448 e. The first-order valence-electron chi connectivity index (χ1n) is 6.79. The minimum absolute atomic E-state index is 0. The standard InChI is InChI=1S/C13H21N3O4S.ClH/c1-9-8-14-5-6-16(9)13(17)11-7-12(20-10(11)2)21(18,19)15(3)4;/h7,9,14H,5-6,8H2,1-4H3;1H/t9-;/m1./s1. The van der Waals surface area contributed by atoms with Crippen LogP contribution in [0.15, 0.2) is 15.6 Å². The molecule has 1 amide bonds. The first kappa shape index (κ1) is 19.0. The Bertz CT molecular complexity index is 642. The molecule has 2 rings (SSSR count). The quantitative estimate of drug-likeness (QED) is 0.866. The van der Waals surface area contributed by atoms with Crippen molar-refractivity contribution >= 4 is 28.3 Å². The third kappa shape index (κ3) is 3.45. The maximum absolute atomic E-state index is 12.6. The van der Waals surface area contributed by atoms with E-state index in [0.29, 0.717) is 17.9 Å². The van der Waals surface area contributed by atoms with E-state index in [1.165, 1.54) is 20.2 Å². The molecule has 22 heavy (non-hydrogen) atoms. The molecule has 1 atom stereocenters. The van der Waals surface area contributed by atoms with E-state index in [9.17, 15) is 13.2 Å². The molecule has 0 aromatic carbocycles. The summed E-state index contributed by atoms with van der Waals surface area (Å²) in [4.78, 5) is 14.3. The highest BCUT2D eigenvalue weighted by atomic mass is 35.5. The van der Waals surface area contributed by atoms with Crippen molar-refractivity contribution in [3.05, 3.63) is 17.4 Å². The molecule has 0 radical (unpaired) electrons. The SMILES string of the molecule is Cc1oc(S(=O)(=O)N(C)C)cc1C(=O)N1CCNC[C@H]1C.Cl. The predicted molar refractivity (Wildman–Crippen MR) is 84.9 cm³/mol. The van der Waals surface area contributed by atoms with Crippen LogP contribution in [0.2, 0.25) is 0 Å². The summed E-state index contributed by atoms with van der Waals surface area (Å²) in [6.07, 6.45) is 0. The van der Waals surface area contributed by atoms with E-state index in [1.54, 1.807) is 11.8 Å². The lowest BCUT2D eigenvalue weighted by Gasteiger charge is -2.33. The molecule has 0 spiro atoms. The number of nitrogens with zero attached hydrogens (tertiary/aromatic N) is 2. The molecular weight excluding hydrogens is 330 g/mol. The van der Waals surface area contributed by atoms with Crippen LogP contribution in [0.5, 0.6) is 0 Å². The summed E-state index contributed by atoms with van der Waals surface area (Å²) in [5.74, 6) is 0.136. The average molecular weight is 352 g/mol. The third-order valence-corrected chi connectivity index (χ3v) is 5.29. The van der Waals surface area contributed by atoms with Crippen LogP contribution in [0, 0.1) is 6.92 Å². The molecule has 7 nitrogen and oxygen atoms in total. The van der Waals surface area contributed by atoms with E-state index in [2.05, 4.69) is 5.32 Å². The van der Waals surface area contributed by atoms with Gasteiger partial charge in [-0.3, -0.25) is 4.79 Å². The first-order valence-corrected chi connectivity index (χ1v) is 8.23. The van der Waals surface area contributed by atoms with Crippen LogP contribution in [-0.4, -0.2) is 63.3 Å². The Morgan fingerprint density at radius 2 is 2.09 bits per heavy atom. The van der Waals surface area contributed by atoms with Crippen LogP contribution in [0.4, 0.5) is 0 Å². The molecule has 0 unspecified atom stereocenters. The van der Waals surface area contributed by atoms with Gasteiger partial charge >= 0.3 is 0 Å². The molecule has 1 fully saturated rings. The Morgan fingerprint density at radius 3 is 2.64 bits per heavy atom. The number of carbonyl (C=O) groups is 1. The van der Waals surface area contributed by atoms with E-state index < -0.39 is 10.0 Å². The van der Waals surface area contributed by atoms with Crippen molar-refractivity contribution in [2.45, 2.75) is 25.0 Å². The fourth-order valence-electron chi connectivity index (χ4n) is 2.27. The fraction of sp³-hybridized carbons (Fsp3) is 0.615. The summed E-state index contributed by atoms with van der Waals surface area (Å²) >= 11 is 0. The molecule has 1 N–H and O–H groups in total. The average Bonchev–Trinajstić information content (AvgIpc) is 2.81. The van der Waals surface area contributed by atoms with E-state index in [0.717, 1.165) is 17.4 Å². The summed E-state index contributed by atoms with van der Waals surface area (Å²) in [5.41, 5.74) is 0.309. The number of sulfonamides is 1. The van der Waals surface area contributed by atoms with Gasteiger partial charge in [0.15, 0.2) is 0 Å². The highest BCUT2D eigenvalue weighted by Crippen LogP contribution is 2.23. The number of piperazine rings is 1. The molecular formula is C13H22ClN3O4S. The zero-order chi connectivity index (χ0) is 15.8. The van der Waals surface area contributed by atoms with Crippen LogP contribution >= 0.6 is 12.4 Å². The highest BCUT2D eigenvalue weighted by Gasteiger charge is 2.30. The van der Waals surface area contributed by atoms with Crippen LogP contribution in [0.25, 0.3) is 0 Å². The number of nitrogens with one attached hydrogen (secondary N) is 1. The van der Waals surface area contributed by atoms with E-state index in [1.807, 2.05) is 6.92 Å². The number of aryl methyl sites for hydroxylation is 1. The Kier molecular flexibility index (Phi) is 6.03. The van der Waals surface area contributed by atoms with Gasteiger partial charge in [0.2, 0.25) is 5.09 Å². The summed E-state index contributed by atoms with van der Waals surface area (Å²) in [5, 5.41) is 3.01.